The maximum Gasteiger partial charge on any atom is 0.243 e. The average molecular weight is 249 g/mol. The van der Waals surface area contributed by atoms with Crippen LogP contribution in [0.4, 0.5) is 5.69 Å². The van der Waals surface area contributed by atoms with E-state index in [1.807, 2.05) is 32.0 Å². The Hall–Kier alpha value is -1.88. The lowest BCUT2D eigenvalue weighted by Gasteiger charge is -2.12. The molecule has 5 heteroatoms. The molecule has 1 aromatic carbocycles. The quantitative estimate of drug-likeness (QED) is 0.734. The van der Waals surface area contributed by atoms with Crippen molar-refractivity contribution < 1.29 is 9.59 Å². The van der Waals surface area contributed by atoms with Gasteiger partial charge in [0.1, 0.15) is 0 Å². The molecule has 0 aliphatic rings. The number of nitrogens with one attached hydrogen (secondary N) is 2. The minimum atomic E-state index is -0.613. The highest BCUT2D eigenvalue weighted by atomic mass is 16.2. The first-order chi connectivity index (χ1) is 8.41. The van der Waals surface area contributed by atoms with Crippen molar-refractivity contribution in [1.29, 1.82) is 0 Å². The Balaban J connectivity index is 2.58. The molecule has 98 valence electrons. The van der Waals surface area contributed by atoms with Crippen molar-refractivity contribution in [3.8, 4) is 0 Å². The topological polar surface area (TPSA) is 84.2 Å². The predicted octanol–water partition coefficient (Wildman–Crippen LogP) is 0.705. The van der Waals surface area contributed by atoms with Crippen molar-refractivity contribution in [2.24, 2.45) is 5.73 Å². The second kappa shape index (κ2) is 6.16. The van der Waals surface area contributed by atoms with Gasteiger partial charge in [-0.2, -0.15) is 0 Å². The van der Waals surface area contributed by atoms with Crippen LogP contribution in [0.2, 0.25) is 0 Å². The van der Waals surface area contributed by atoms with Crippen LogP contribution in [0.15, 0.2) is 18.2 Å². The summed E-state index contributed by atoms with van der Waals surface area (Å²) in [4.78, 5) is 22.9. The molecule has 2 amide bonds. The zero-order valence-corrected chi connectivity index (χ0v) is 10.9. The molecule has 5 nitrogen and oxygen atoms in total. The summed E-state index contributed by atoms with van der Waals surface area (Å²) in [5.74, 6) is -0.604. The highest BCUT2D eigenvalue weighted by Crippen LogP contribution is 2.18. The number of para-hydroxylation sites is 1. The van der Waals surface area contributed by atoms with E-state index in [-0.39, 0.29) is 18.4 Å². The fourth-order valence-corrected chi connectivity index (χ4v) is 1.52. The van der Waals surface area contributed by atoms with E-state index in [2.05, 4.69) is 10.6 Å². The van der Waals surface area contributed by atoms with Gasteiger partial charge in [0.2, 0.25) is 11.8 Å². The molecule has 1 rings (SSSR count). The lowest BCUT2D eigenvalue weighted by molar-refractivity contribution is -0.124. The molecule has 4 N–H and O–H groups in total. The van der Waals surface area contributed by atoms with Crippen LogP contribution in [-0.2, 0) is 9.59 Å². The number of amides is 2. The van der Waals surface area contributed by atoms with Crippen LogP contribution in [-0.4, -0.2) is 24.4 Å². The standard InChI is InChI=1S/C13H19N3O2/c1-8-5-4-6-9(2)12(8)16-11(17)7-15-13(18)10(3)14/h4-6,10H,7,14H2,1-3H3,(H,15,18)(H,16,17)/t10-/m1/s1. The Labute approximate surface area is 107 Å². The number of aryl methyl sites for hydroxylation is 2. The van der Waals surface area contributed by atoms with Gasteiger partial charge in [-0.1, -0.05) is 18.2 Å². The SMILES string of the molecule is Cc1cccc(C)c1NC(=O)CNC(=O)[C@@H](C)N. The molecule has 0 fully saturated rings. The zero-order chi connectivity index (χ0) is 13.7. The van der Waals surface area contributed by atoms with E-state index in [1.54, 1.807) is 6.92 Å². The number of carbonyl (C=O) groups is 2. The van der Waals surface area contributed by atoms with E-state index in [4.69, 9.17) is 5.73 Å². The Morgan fingerprint density at radius 3 is 2.33 bits per heavy atom. The largest absolute Gasteiger partial charge is 0.346 e. The minimum absolute atomic E-state index is 0.0753. The molecule has 1 atom stereocenters. The molecule has 0 aliphatic heterocycles. The van der Waals surface area contributed by atoms with Gasteiger partial charge in [0, 0.05) is 5.69 Å². The lowest BCUT2D eigenvalue weighted by Crippen LogP contribution is -2.42. The van der Waals surface area contributed by atoms with Gasteiger partial charge >= 0.3 is 0 Å². The second-order valence-electron chi connectivity index (χ2n) is 4.32. The van der Waals surface area contributed by atoms with E-state index in [0.29, 0.717) is 0 Å². The minimum Gasteiger partial charge on any atom is -0.346 e. The van der Waals surface area contributed by atoms with Crippen LogP contribution in [0.1, 0.15) is 18.1 Å². The number of rotatable bonds is 4. The highest BCUT2D eigenvalue weighted by molar-refractivity contribution is 5.96. The summed E-state index contributed by atoms with van der Waals surface area (Å²) in [6, 6.07) is 5.16. The van der Waals surface area contributed by atoms with Crippen molar-refractivity contribution in [2.45, 2.75) is 26.8 Å². The molecule has 18 heavy (non-hydrogen) atoms. The summed E-state index contributed by atoms with van der Waals surface area (Å²) in [6.45, 7) is 5.33. The average Bonchev–Trinajstić information content (AvgIpc) is 2.30. The van der Waals surface area contributed by atoms with Crippen LogP contribution >= 0.6 is 0 Å². The van der Waals surface area contributed by atoms with Crippen molar-refractivity contribution in [3.63, 3.8) is 0 Å². The Morgan fingerprint density at radius 2 is 1.83 bits per heavy atom. The molecule has 0 unspecified atom stereocenters. The fraction of sp³-hybridized carbons (Fsp3) is 0.385. The van der Waals surface area contributed by atoms with Crippen molar-refractivity contribution in [2.75, 3.05) is 11.9 Å². The number of anilines is 1. The third kappa shape index (κ3) is 3.85. The maximum atomic E-state index is 11.7. The van der Waals surface area contributed by atoms with Gasteiger partial charge in [-0.3, -0.25) is 9.59 Å². The van der Waals surface area contributed by atoms with Gasteiger partial charge in [0.05, 0.1) is 12.6 Å². The number of nitrogens with two attached hydrogens (primary N) is 1. The Kier molecular flexibility index (Phi) is 4.85. The van der Waals surface area contributed by atoms with E-state index in [9.17, 15) is 9.59 Å². The second-order valence-corrected chi connectivity index (χ2v) is 4.32. The summed E-state index contributed by atoms with van der Waals surface area (Å²) < 4.78 is 0. The molecular formula is C13H19N3O2. The van der Waals surface area contributed by atoms with Gasteiger partial charge in [-0.05, 0) is 31.9 Å². The van der Waals surface area contributed by atoms with Crippen LogP contribution < -0.4 is 16.4 Å². The normalized spacial score (nSPS) is 11.8. The van der Waals surface area contributed by atoms with Gasteiger partial charge in [-0.15, -0.1) is 0 Å². The van der Waals surface area contributed by atoms with Crippen LogP contribution in [0.25, 0.3) is 0 Å². The number of hydrogen-bond acceptors (Lipinski definition) is 3. The molecule has 1 aromatic rings. The lowest BCUT2D eigenvalue weighted by atomic mass is 10.1. The summed E-state index contributed by atoms with van der Waals surface area (Å²) in [5.41, 5.74) is 8.14. The van der Waals surface area contributed by atoms with Gasteiger partial charge in [0.15, 0.2) is 0 Å². The van der Waals surface area contributed by atoms with E-state index in [1.165, 1.54) is 0 Å². The summed E-state index contributed by atoms with van der Waals surface area (Å²) >= 11 is 0. The maximum absolute atomic E-state index is 11.7. The van der Waals surface area contributed by atoms with Crippen LogP contribution in [0.5, 0.6) is 0 Å². The smallest absolute Gasteiger partial charge is 0.243 e. The molecule has 0 heterocycles. The van der Waals surface area contributed by atoms with E-state index >= 15 is 0 Å². The molecule has 0 aliphatic carbocycles. The number of carbonyl (C=O) groups excluding carboxylic acids is 2. The molecule has 0 saturated heterocycles. The predicted molar refractivity (Wildman–Crippen MR) is 71.2 cm³/mol. The van der Waals surface area contributed by atoms with Crippen LogP contribution in [0, 0.1) is 13.8 Å². The first-order valence-electron chi connectivity index (χ1n) is 5.81. The molecule has 0 bridgehead atoms. The first kappa shape index (κ1) is 14.2. The molecule has 0 aromatic heterocycles. The van der Waals surface area contributed by atoms with Crippen molar-refractivity contribution in [3.05, 3.63) is 29.3 Å². The van der Waals surface area contributed by atoms with E-state index in [0.717, 1.165) is 16.8 Å². The van der Waals surface area contributed by atoms with Crippen molar-refractivity contribution in [1.82, 2.24) is 5.32 Å². The third-order valence-corrected chi connectivity index (χ3v) is 2.58. The summed E-state index contributed by atoms with van der Waals surface area (Å²) in [7, 11) is 0. The molecule has 0 radical (unpaired) electrons. The van der Waals surface area contributed by atoms with E-state index < -0.39 is 6.04 Å². The first-order valence-corrected chi connectivity index (χ1v) is 5.81. The van der Waals surface area contributed by atoms with Gasteiger partial charge < -0.3 is 16.4 Å². The summed E-state index contributed by atoms with van der Waals surface area (Å²) in [5, 5.41) is 5.24. The van der Waals surface area contributed by atoms with Gasteiger partial charge in [0.25, 0.3) is 0 Å². The molecular weight excluding hydrogens is 230 g/mol. The number of benzene rings is 1. The monoisotopic (exact) mass is 249 g/mol. The fourth-order valence-electron chi connectivity index (χ4n) is 1.52. The number of hydrogen-bond donors (Lipinski definition) is 3. The Bertz CT molecular complexity index is 435. The molecule has 0 spiro atoms. The highest BCUT2D eigenvalue weighted by Gasteiger charge is 2.10. The summed E-state index contributed by atoms with van der Waals surface area (Å²) in [6.07, 6.45) is 0. The van der Waals surface area contributed by atoms with Crippen molar-refractivity contribution >= 4 is 17.5 Å². The Morgan fingerprint density at radius 1 is 1.28 bits per heavy atom. The van der Waals surface area contributed by atoms with Gasteiger partial charge in [-0.25, -0.2) is 0 Å². The molecule has 0 saturated carbocycles. The zero-order valence-electron chi connectivity index (χ0n) is 10.9. The van der Waals surface area contributed by atoms with Crippen LogP contribution in [0.3, 0.4) is 0 Å². The third-order valence-electron chi connectivity index (χ3n) is 2.58.